The molecular formula is C29H28ClN3O5S2. The summed E-state index contributed by atoms with van der Waals surface area (Å²) in [6.45, 7) is 7.62. The van der Waals surface area contributed by atoms with E-state index in [4.69, 9.17) is 11.6 Å². The fourth-order valence-corrected chi connectivity index (χ4v) is 6.43. The summed E-state index contributed by atoms with van der Waals surface area (Å²) in [5.74, 6) is -0.594. The van der Waals surface area contributed by atoms with Crippen LogP contribution < -0.4 is 14.8 Å². The molecule has 11 heteroatoms. The van der Waals surface area contributed by atoms with Gasteiger partial charge in [-0.2, -0.15) is 0 Å². The summed E-state index contributed by atoms with van der Waals surface area (Å²) in [5, 5.41) is 2.61. The molecule has 3 N–H and O–H groups in total. The first-order chi connectivity index (χ1) is 18.7. The second-order valence-corrected chi connectivity index (χ2v) is 13.2. The number of anilines is 3. The molecule has 8 nitrogen and oxygen atoms in total. The van der Waals surface area contributed by atoms with Crippen LogP contribution in [0.3, 0.4) is 0 Å². The van der Waals surface area contributed by atoms with Gasteiger partial charge in [-0.05, 0) is 117 Å². The van der Waals surface area contributed by atoms with Crippen molar-refractivity contribution in [2.24, 2.45) is 0 Å². The molecule has 0 saturated heterocycles. The molecule has 4 rings (SSSR count). The number of hydrogen-bond donors (Lipinski definition) is 3. The maximum atomic E-state index is 13.1. The highest BCUT2D eigenvalue weighted by molar-refractivity contribution is 7.93. The fourth-order valence-electron chi connectivity index (χ4n) is 3.81. The molecule has 0 aliphatic heterocycles. The zero-order valence-electron chi connectivity index (χ0n) is 22.2. The number of aryl methyl sites for hydroxylation is 4. The van der Waals surface area contributed by atoms with E-state index in [1.807, 2.05) is 33.8 Å². The van der Waals surface area contributed by atoms with Gasteiger partial charge in [-0.1, -0.05) is 23.7 Å². The minimum atomic E-state index is -4.09. The Morgan fingerprint density at radius 1 is 0.600 bits per heavy atom. The summed E-state index contributed by atoms with van der Waals surface area (Å²) in [6.07, 6.45) is 0. The molecule has 0 unspecified atom stereocenters. The average molecular weight is 598 g/mol. The summed E-state index contributed by atoms with van der Waals surface area (Å²) in [4.78, 5) is 12.7. The third-order valence-electron chi connectivity index (χ3n) is 6.42. The average Bonchev–Trinajstić information content (AvgIpc) is 2.88. The number of carbonyl (C=O) groups is 1. The quantitative estimate of drug-likeness (QED) is 0.216. The van der Waals surface area contributed by atoms with Gasteiger partial charge in [-0.15, -0.1) is 0 Å². The van der Waals surface area contributed by atoms with Crippen molar-refractivity contribution in [2.75, 3.05) is 14.8 Å². The van der Waals surface area contributed by atoms with Gasteiger partial charge in [0, 0.05) is 22.6 Å². The van der Waals surface area contributed by atoms with E-state index in [1.54, 1.807) is 30.3 Å². The first kappa shape index (κ1) is 29.1. The Hall–Kier alpha value is -3.86. The minimum absolute atomic E-state index is 0.0148. The Morgan fingerprint density at radius 2 is 1.10 bits per heavy atom. The van der Waals surface area contributed by atoms with E-state index in [0.717, 1.165) is 22.3 Å². The Labute approximate surface area is 239 Å². The highest BCUT2D eigenvalue weighted by Crippen LogP contribution is 2.27. The number of nitrogens with one attached hydrogen (secondary N) is 3. The molecule has 40 heavy (non-hydrogen) atoms. The Kier molecular flexibility index (Phi) is 8.25. The van der Waals surface area contributed by atoms with E-state index in [0.29, 0.717) is 17.1 Å². The second-order valence-electron chi connectivity index (χ2n) is 9.43. The number of sulfonamides is 2. The molecule has 208 valence electrons. The molecule has 0 saturated carbocycles. The lowest BCUT2D eigenvalue weighted by atomic mass is 10.1. The van der Waals surface area contributed by atoms with Crippen LogP contribution >= 0.6 is 11.6 Å². The molecule has 1 amide bonds. The predicted octanol–water partition coefficient (Wildman–Crippen LogP) is 6.43. The lowest BCUT2D eigenvalue weighted by molar-refractivity contribution is 0.102. The van der Waals surface area contributed by atoms with Crippen LogP contribution in [-0.4, -0.2) is 22.7 Å². The molecule has 4 aromatic carbocycles. The van der Waals surface area contributed by atoms with Crippen molar-refractivity contribution in [1.82, 2.24) is 0 Å². The Balaban J connectivity index is 1.50. The van der Waals surface area contributed by atoms with Gasteiger partial charge in [-0.25, -0.2) is 16.8 Å². The monoisotopic (exact) mass is 597 g/mol. The van der Waals surface area contributed by atoms with Gasteiger partial charge in [0.1, 0.15) is 4.90 Å². The largest absolute Gasteiger partial charge is 0.322 e. The van der Waals surface area contributed by atoms with Gasteiger partial charge in [0.05, 0.1) is 9.92 Å². The third kappa shape index (κ3) is 6.64. The van der Waals surface area contributed by atoms with Crippen molar-refractivity contribution in [3.05, 3.63) is 112 Å². The van der Waals surface area contributed by atoms with Gasteiger partial charge in [0.15, 0.2) is 0 Å². The number of hydrogen-bond acceptors (Lipinski definition) is 5. The summed E-state index contributed by atoms with van der Waals surface area (Å²) < 4.78 is 56.8. The number of rotatable bonds is 8. The van der Waals surface area contributed by atoms with Crippen LogP contribution in [0.5, 0.6) is 0 Å². The van der Waals surface area contributed by atoms with Crippen LogP contribution in [0.25, 0.3) is 0 Å². The highest BCUT2D eigenvalue weighted by Gasteiger charge is 2.21. The number of halogens is 1. The molecule has 4 aromatic rings. The van der Waals surface area contributed by atoms with Gasteiger partial charge >= 0.3 is 0 Å². The van der Waals surface area contributed by atoms with Crippen molar-refractivity contribution in [1.29, 1.82) is 0 Å². The summed E-state index contributed by atoms with van der Waals surface area (Å²) in [6, 6.07) is 20.0. The molecule has 0 atom stereocenters. The topological polar surface area (TPSA) is 121 Å². The number of benzene rings is 4. The van der Waals surface area contributed by atoms with Crippen LogP contribution in [-0.2, 0) is 20.0 Å². The van der Waals surface area contributed by atoms with E-state index in [9.17, 15) is 21.6 Å². The van der Waals surface area contributed by atoms with Crippen LogP contribution in [0.4, 0.5) is 17.1 Å². The highest BCUT2D eigenvalue weighted by atomic mass is 35.5. The fraction of sp³-hybridized carbons (Fsp3) is 0.138. The summed E-state index contributed by atoms with van der Waals surface area (Å²) >= 11 is 6.19. The standard InChI is InChI=1S/C29H28ClN3O5S2/c1-18-5-8-24(15-20(18)3)32-39(35,36)26-12-10-23(11-13-26)31-29(34)22-7-14-27(30)28(17-22)40(37,38)33-25-9-6-19(2)21(4)16-25/h5-17,32-33H,1-4H3,(H,31,34). The molecule has 0 aliphatic carbocycles. The molecule has 0 spiro atoms. The first-order valence-electron chi connectivity index (χ1n) is 12.2. The predicted molar refractivity (Wildman–Crippen MR) is 159 cm³/mol. The SMILES string of the molecule is Cc1ccc(NS(=O)(=O)c2ccc(NC(=O)c3ccc(Cl)c(S(=O)(=O)Nc4ccc(C)c(C)c4)c3)cc2)cc1C. The second kappa shape index (κ2) is 11.3. The van der Waals surface area contributed by atoms with Crippen molar-refractivity contribution < 1.29 is 21.6 Å². The van der Waals surface area contributed by atoms with Crippen LogP contribution in [0.1, 0.15) is 32.6 Å². The van der Waals surface area contributed by atoms with Crippen molar-refractivity contribution in [2.45, 2.75) is 37.5 Å². The van der Waals surface area contributed by atoms with Crippen molar-refractivity contribution in [3.63, 3.8) is 0 Å². The van der Waals surface area contributed by atoms with E-state index in [2.05, 4.69) is 14.8 Å². The summed E-state index contributed by atoms with van der Waals surface area (Å²) in [7, 11) is -7.94. The van der Waals surface area contributed by atoms with E-state index >= 15 is 0 Å². The van der Waals surface area contributed by atoms with Gasteiger partial charge in [0.2, 0.25) is 0 Å². The van der Waals surface area contributed by atoms with Gasteiger partial charge < -0.3 is 5.32 Å². The first-order valence-corrected chi connectivity index (χ1v) is 15.5. The van der Waals surface area contributed by atoms with E-state index in [-0.39, 0.29) is 20.4 Å². The lowest BCUT2D eigenvalue weighted by Gasteiger charge is -2.13. The lowest BCUT2D eigenvalue weighted by Crippen LogP contribution is -2.17. The normalized spacial score (nSPS) is 11.6. The Morgan fingerprint density at radius 3 is 1.62 bits per heavy atom. The maximum Gasteiger partial charge on any atom is 0.263 e. The number of amides is 1. The smallest absolute Gasteiger partial charge is 0.263 e. The van der Waals surface area contributed by atoms with Crippen LogP contribution in [0, 0.1) is 27.7 Å². The van der Waals surface area contributed by atoms with Gasteiger partial charge in [0.25, 0.3) is 26.0 Å². The van der Waals surface area contributed by atoms with Crippen molar-refractivity contribution >= 4 is 54.6 Å². The molecule has 0 aromatic heterocycles. The van der Waals surface area contributed by atoms with Crippen LogP contribution in [0.15, 0.2) is 88.7 Å². The third-order valence-corrected chi connectivity index (χ3v) is 9.68. The zero-order valence-corrected chi connectivity index (χ0v) is 24.6. The molecular weight excluding hydrogens is 570 g/mol. The minimum Gasteiger partial charge on any atom is -0.322 e. The van der Waals surface area contributed by atoms with Gasteiger partial charge in [-0.3, -0.25) is 14.2 Å². The van der Waals surface area contributed by atoms with Crippen molar-refractivity contribution in [3.8, 4) is 0 Å². The number of carbonyl (C=O) groups excluding carboxylic acids is 1. The molecule has 0 bridgehead atoms. The molecule has 0 fully saturated rings. The summed E-state index contributed by atoms with van der Waals surface area (Å²) in [5.41, 5.74) is 5.13. The Bertz CT molecular complexity index is 1820. The van der Waals surface area contributed by atoms with E-state index in [1.165, 1.54) is 42.5 Å². The van der Waals surface area contributed by atoms with Crippen LogP contribution in [0.2, 0.25) is 5.02 Å². The van der Waals surface area contributed by atoms with E-state index < -0.39 is 26.0 Å². The molecule has 0 heterocycles. The molecule has 0 aliphatic rings. The zero-order chi connectivity index (χ0) is 29.2. The maximum absolute atomic E-state index is 13.1. The molecule has 0 radical (unpaired) electrons.